The monoisotopic (exact) mass is 247 g/mol. The van der Waals surface area contributed by atoms with Crippen molar-refractivity contribution < 1.29 is 5.21 Å². The Kier molecular flexibility index (Phi) is 4.20. The molecule has 1 heterocycles. The molecular weight excluding hydrogens is 226 g/mol. The molecule has 1 saturated heterocycles. The van der Waals surface area contributed by atoms with Gasteiger partial charge in [-0.1, -0.05) is 42.4 Å². The number of benzene rings is 1. The van der Waals surface area contributed by atoms with Crippen molar-refractivity contribution in [1.82, 2.24) is 4.90 Å². The highest BCUT2D eigenvalue weighted by molar-refractivity contribution is 5.85. The van der Waals surface area contributed by atoms with Crippen LogP contribution in [-0.2, 0) is 0 Å². The minimum atomic E-state index is 0.0590. The summed E-state index contributed by atoms with van der Waals surface area (Å²) in [5.41, 5.74) is 7.13. The van der Waals surface area contributed by atoms with Crippen molar-refractivity contribution in [2.45, 2.75) is 31.7 Å². The highest BCUT2D eigenvalue weighted by atomic mass is 16.4. The van der Waals surface area contributed by atoms with Gasteiger partial charge in [0.25, 0.3) is 0 Å². The summed E-state index contributed by atoms with van der Waals surface area (Å²) < 4.78 is 0. The Labute approximate surface area is 108 Å². The van der Waals surface area contributed by atoms with Crippen LogP contribution in [0.4, 0.5) is 0 Å². The molecule has 0 saturated carbocycles. The summed E-state index contributed by atoms with van der Waals surface area (Å²) in [6.07, 6.45) is 2.01. The topological polar surface area (TPSA) is 61.9 Å². The van der Waals surface area contributed by atoms with Crippen LogP contribution in [0.3, 0.4) is 0 Å². The summed E-state index contributed by atoms with van der Waals surface area (Å²) in [6.45, 7) is 4.06. The van der Waals surface area contributed by atoms with E-state index in [1.54, 1.807) is 0 Å². The van der Waals surface area contributed by atoms with Crippen LogP contribution >= 0.6 is 0 Å². The number of rotatable bonds is 4. The Hall–Kier alpha value is -1.55. The van der Waals surface area contributed by atoms with Gasteiger partial charge in [0.15, 0.2) is 5.84 Å². The molecule has 98 valence electrons. The van der Waals surface area contributed by atoms with E-state index in [1.807, 2.05) is 6.07 Å². The normalized spacial score (nSPS) is 23.2. The third-order valence-electron chi connectivity index (χ3n) is 3.77. The molecule has 1 fully saturated rings. The summed E-state index contributed by atoms with van der Waals surface area (Å²) in [7, 11) is 0. The molecule has 0 aliphatic carbocycles. The van der Waals surface area contributed by atoms with Crippen LogP contribution in [0, 0.1) is 0 Å². The lowest BCUT2D eigenvalue weighted by Gasteiger charge is -2.25. The zero-order chi connectivity index (χ0) is 13.0. The van der Waals surface area contributed by atoms with Gasteiger partial charge in [-0.15, -0.1) is 0 Å². The fourth-order valence-electron chi connectivity index (χ4n) is 2.79. The van der Waals surface area contributed by atoms with E-state index in [0.717, 1.165) is 25.9 Å². The van der Waals surface area contributed by atoms with Gasteiger partial charge in [0.2, 0.25) is 0 Å². The molecule has 4 heteroatoms. The summed E-state index contributed by atoms with van der Waals surface area (Å²) in [6, 6.07) is 10.6. The van der Waals surface area contributed by atoms with Gasteiger partial charge in [-0.2, -0.15) is 0 Å². The predicted molar refractivity (Wildman–Crippen MR) is 72.9 cm³/mol. The summed E-state index contributed by atoms with van der Waals surface area (Å²) in [5, 5.41) is 12.0. The first kappa shape index (κ1) is 12.9. The van der Waals surface area contributed by atoms with Gasteiger partial charge in [-0.3, -0.25) is 4.90 Å². The second-order valence-electron chi connectivity index (χ2n) is 4.84. The Morgan fingerprint density at radius 3 is 2.83 bits per heavy atom. The van der Waals surface area contributed by atoms with Crippen LogP contribution < -0.4 is 5.73 Å². The van der Waals surface area contributed by atoms with E-state index >= 15 is 0 Å². The van der Waals surface area contributed by atoms with Gasteiger partial charge in [-0.25, -0.2) is 0 Å². The Bertz CT molecular complexity index is 405. The Morgan fingerprint density at radius 2 is 2.22 bits per heavy atom. The molecule has 0 radical (unpaired) electrons. The first-order valence-electron chi connectivity index (χ1n) is 6.52. The number of amidine groups is 1. The molecule has 0 bridgehead atoms. The number of hydrogen-bond donors (Lipinski definition) is 2. The van der Waals surface area contributed by atoms with Gasteiger partial charge in [0, 0.05) is 6.54 Å². The maximum atomic E-state index is 8.82. The number of nitrogens with two attached hydrogens (primary N) is 1. The molecule has 0 amide bonds. The minimum Gasteiger partial charge on any atom is -0.409 e. The summed E-state index contributed by atoms with van der Waals surface area (Å²) >= 11 is 0. The third-order valence-corrected chi connectivity index (χ3v) is 3.77. The molecule has 4 nitrogen and oxygen atoms in total. The fourth-order valence-corrected chi connectivity index (χ4v) is 2.79. The molecule has 1 aromatic carbocycles. The van der Waals surface area contributed by atoms with Crippen LogP contribution in [-0.4, -0.2) is 35.1 Å². The predicted octanol–water partition coefficient (Wildman–Crippen LogP) is 2.00. The van der Waals surface area contributed by atoms with E-state index in [1.165, 1.54) is 5.56 Å². The molecule has 0 aromatic heterocycles. The molecule has 1 aliphatic heterocycles. The smallest absolute Gasteiger partial charge is 0.156 e. The second-order valence-corrected chi connectivity index (χ2v) is 4.84. The minimum absolute atomic E-state index is 0.0590. The van der Waals surface area contributed by atoms with Crippen molar-refractivity contribution >= 4 is 5.84 Å². The quantitative estimate of drug-likeness (QED) is 0.370. The summed E-state index contributed by atoms with van der Waals surface area (Å²) in [4.78, 5) is 2.31. The molecule has 3 N–H and O–H groups in total. The van der Waals surface area contributed by atoms with E-state index in [9.17, 15) is 0 Å². The van der Waals surface area contributed by atoms with Crippen molar-refractivity contribution in [1.29, 1.82) is 0 Å². The zero-order valence-electron chi connectivity index (χ0n) is 10.8. The molecule has 1 aliphatic rings. The SMILES string of the molecule is CCC(C(N)=NO)N1CCC(c2ccccc2)C1. The lowest BCUT2D eigenvalue weighted by Crippen LogP contribution is -2.43. The van der Waals surface area contributed by atoms with Gasteiger partial charge in [0.1, 0.15) is 0 Å². The van der Waals surface area contributed by atoms with Gasteiger partial charge >= 0.3 is 0 Å². The van der Waals surface area contributed by atoms with Gasteiger partial charge in [0.05, 0.1) is 6.04 Å². The number of oxime groups is 1. The van der Waals surface area contributed by atoms with E-state index in [-0.39, 0.29) is 6.04 Å². The van der Waals surface area contributed by atoms with Crippen LogP contribution in [0.25, 0.3) is 0 Å². The second kappa shape index (κ2) is 5.87. The van der Waals surface area contributed by atoms with E-state index < -0.39 is 0 Å². The summed E-state index contributed by atoms with van der Waals surface area (Å²) in [5.74, 6) is 0.887. The number of nitrogens with zero attached hydrogens (tertiary/aromatic N) is 2. The van der Waals surface area contributed by atoms with Crippen LogP contribution in [0.1, 0.15) is 31.2 Å². The molecule has 2 unspecified atom stereocenters. The fraction of sp³-hybridized carbons (Fsp3) is 0.500. The van der Waals surface area contributed by atoms with Crippen molar-refractivity contribution in [3.63, 3.8) is 0 Å². The maximum Gasteiger partial charge on any atom is 0.156 e. The van der Waals surface area contributed by atoms with E-state index in [4.69, 9.17) is 10.9 Å². The molecule has 2 rings (SSSR count). The van der Waals surface area contributed by atoms with Crippen molar-refractivity contribution in [2.75, 3.05) is 13.1 Å². The lowest BCUT2D eigenvalue weighted by atomic mass is 9.99. The molecule has 2 atom stereocenters. The zero-order valence-corrected chi connectivity index (χ0v) is 10.8. The molecule has 1 aromatic rings. The molecule has 0 spiro atoms. The Morgan fingerprint density at radius 1 is 1.50 bits per heavy atom. The molecule has 18 heavy (non-hydrogen) atoms. The maximum absolute atomic E-state index is 8.82. The average molecular weight is 247 g/mol. The standard InChI is InChI=1S/C14H21N3O/c1-2-13(14(15)16-18)17-9-8-12(10-17)11-6-4-3-5-7-11/h3-7,12-13,18H,2,8-10H2,1H3,(H2,15,16). The van der Waals surface area contributed by atoms with Gasteiger partial charge in [-0.05, 0) is 30.9 Å². The van der Waals surface area contributed by atoms with Crippen molar-refractivity contribution in [2.24, 2.45) is 10.9 Å². The van der Waals surface area contributed by atoms with E-state index in [2.05, 4.69) is 41.2 Å². The van der Waals surface area contributed by atoms with Crippen molar-refractivity contribution in [3.8, 4) is 0 Å². The highest BCUT2D eigenvalue weighted by Gasteiger charge is 2.30. The lowest BCUT2D eigenvalue weighted by molar-refractivity contribution is 0.269. The van der Waals surface area contributed by atoms with Crippen molar-refractivity contribution in [3.05, 3.63) is 35.9 Å². The molecular formula is C14H21N3O. The Balaban J connectivity index is 2.04. The van der Waals surface area contributed by atoms with Crippen LogP contribution in [0.5, 0.6) is 0 Å². The largest absolute Gasteiger partial charge is 0.409 e. The van der Waals surface area contributed by atoms with Crippen LogP contribution in [0.2, 0.25) is 0 Å². The first-order chi connectivity index (χ1) is 8.76. The third kappa shape index (κ3) is 2.64. The first-order valence-corrected chi connectivity index (χ1v) is 6.52. The average Bonchev–Trinajstić information content (AvgIpc) is 2.90. The highest BCUT2D eigenvalue weighted by Crippen LogP contribution is 2.28. The van der Waals surface area contributed by atoms with E-state index in [0.29, 0.717) is 11.8 Å². The number of hydrogen-bond acceptors (Lipinski definition) is 3. The van der Waals surface area contributed by atoms with Gasteiger partial charge < -0.3 is 10.9 Å². The van der Waals surface area contributed by atoms with Crippen LogP contribution in [0.15, 0.2) is 35.5 Å². The number of likely N-dealkylation sites (tertiary alicyclic amines) is 1.